The second-order valence-corrected chi connectivity index (χ2v) is 6.59. The lowest BCUT2D eigenvalue weighted by Crippen LogP contribution is -2.55. The summed E-state index contributed by atoms with van der Waals surface area (Å²) in [5.74, 6) is -2.24. The van der Waals surface area contributed by atoms with E-state index in [0.717, 1.165) is 5.56 Å². The number of amides is 2. The van der Waals surface area contributed by atoms with Crippen molar-refractivity contribution in [3.8, 4) is 0 Å². The number of rotatable bonds is 10. The summed E-state index contributed by atoms with van der Waals surface area (Å²) in [6.45, 7) is 0. The lowest BCUT2D eigenvalue weighted by atomic mass is 10.0. The number of nitrogens with one attached hydrogen (secondary N) is 3. The first kappa shape index (κ1) is 21.5. The molecule has 2 aromatic rings. The van der Waals surface area contributed by atoms with Crippen LogP contribution in [0.25, 0.3) is 0 Å². The molecule has 6 N–H and O–H groups in total. The smallest absolute Gasteiger partial charge is 0.326 e. The highest BCUT2D eigenvalue weighted by atomic mass is 32.1. The van der Waals surface area contributed by atoms with Crippen LogP contribution in [0.1, 0.15) is 11.3 Å². The first-order valence-corrected chi connectivity index (χ1v) is 9.25. The topological polar surface area (TPSA) is 150 Å². The number of thiol groups is 1. The van der Waals surface area contributed by atoms with Gasteiger partial charge in [0.2, 0.25) is 11.8 Å². The zero-order chi connectivity index (χ0) is 20.5. The molecular formula is C18H23N5O4S. The first-order valence-electron chi connectivity index (χ1n) is 8.62. The summed E-state index contributed by atoms with van der Waals surface area (Å²) in [5.41, 5.74) is 7.03. The Kier molecular flexibility index (Phi) is 8.02. The van der Waals surface area contributed by atoms with Crippen molar-refractivity contribution in [3.05, 3.63) is 54.1 Å². The molecular weight excluding hydrogens is 382 g/mol. The molecule has 0 bridgehead atoms. The summed E-state index contributed by atoms with van der Waals surface area (Å²) >= 11 is 3.98. The van der Waals surface area contributed by atoms with Crippen molar-refractivity contribution >= 4 is 30.4 Å². The highest BCUT2D eigenvalue weighted by molar-refractivity contribution is 7.80. The summed E-state index contributed by atoms with van der Waals surface area (Å²) in [6, 6.07) is 5.89. The molecule has 28 heavy (non-hydrogen) atoms. The average molecular weight is 405 g/mol. The van der Waals surface area contributed by atoms with Crippen LogP contribution in [-0.4, -0.2) is 56.7 Å². The van der Waals surface area contributed by atoms with Crippen LogP contribution in [-0.2, 0) is 27.2 Å². The van der Waals surface area contributed by atoms with Gasteiger partial charge < -0.3 is 26.5 Å². The zero-order valence-electron chi connectivity index (χ0n) is 15.0. The quantitative estimate of drug-likeness (QED) is 0.294. The fraction of sp³-hybridized carbons (Fsp3) is 0.333. The Labute approximate surface area is 167 Å². The number of aliphatic carboxylic acids is 1. The molecule has 0 saturated heterocycles. The van der Waals surface area contributed by atoms with Crippen molar-refractivity contribution in [3.63, 3.8) is 0 Å². The van der Waals surface area contributed by atoms with E-state index in [4.69, 9.17) is 5.73 Å². The summed E-state index contributed by atoms with van der Waals surface area (Å²) in [6.07, 6.45) is 3.18. The van der Waals surface area contributed by atoms with Crippen molar-refractivity contribution in [2.24, 2.45) is 5.73 Å². The van der Waals surface area contributed by atoms with E-state index < -0.39 is 35.9 Å². The normalized spacial score (nSPS) is 13.9. The van der Waals surface area contributed by atoms with Crippen LogP contribution >= 0.6 is 12.6 Å². The molecule has 2 rings (SSSR count). The Bertz CT molecular complexity index is 785. The molecule has 1 aromatic carbocycles. The maximum absolute atomic E-state index is 12.7. The largest absolute Gasteiger partial charge is 0.480 e. The number of aromatic amines is 1. The number of H-pyrrole nitrogens is 1. The Morgan fingerprint density at radius 2 is 1.79 bits per heavy atom. The van der Waals surface area contributed by atoms with Gasteiger partial charge in [0.25, 0.3) is 0 Å². The summed E-state index contributed by atoms with van der Waals surface area (Å²) in [5, 5.41) is 14.5. The van der Waals surface area contributed by atoms with E-state index in [0.29, 0.717) is 5.69 Å². The third-order valence-electron chi connectivity index (χ3n) is 4.04. The van der Waals surface area contributed by atoms with Crippen molar-refractivity contribution in [1.82, 2.24) is 20.6 Å². The van der Waals surface area contributed by atoms with Gasteiger partial charge >= 0.3 is 5.97 Å². The van der Waals surface area contributed by atoms with Gasteiger partial charge in [0, 0.05) is 30.5 Å². The monoisotopic (exact) mass is 405 g/mol. The second-order valence-electron chi connectivity index (χ2n) is 6.22. The number of carbonyl (C=O) groups excluding carboxylic acids is 2. The van der Waals surface area contributed by atoms with Gasteiger partial charge in [0.15, 0.2) is 0 Å². The van der Waals surface area contributed by atoms with Crippen molar-refractivity contribution in [2.45, 2.75) is 31.0 Å². The molecule has 0 radical (unpaired) electrons. The fourth-order valence-electron chi connectivity index (χ4n) is 2.51. The molecule has 2 amide bonds. The number of carboxylic acid groups (broad SMARTS) is 1. The molecule has 0 spiro atoms. The van der Waals surface area contributed by atoms with Crippen LogP contribution in [0.3, 0.4) is 0 Å². The van der Waals surface area contributed by atoms with E-state index in [1.165, 1.54) is 12.5 Å². The van der Waals surface area contributed by atoms with E-state index in [1.54, 1.807) is 24.3 Å². The Morgan fingerprint density at radius 3 is 2.36 bits per heavy atom. The minimum absolute atomic E-state index is 0.106. The van der Waals surface area contributed by atoms with Crippen LogP contribution in [0, 0.1) is 0 Å². The van der Waals surface area contributed by atoms with E-state index in [2.05, 4.69) is 33.2 Å². The van der Waals surface area contributed by atoms with E-state index in [1.807, 2.05) is 6.07 Å². The Hall–Kier alpha value is -2.85. The molecule has 0 saturated carbocycles. The van der Waals surface area contributed by atoms with Gasteiger partial charge in [-0.25, -0.2) is 9.78 Å². The summed E-state index contributed by atoms with van der Waals surface area (Å²) in [4.78, 5) is 43.2. The van der Waals surface area contributed by atoms with Crippen molar-refractivity contribution in [1.29, 1.82) is 0 Å². The lowest BCUT2D eigenvalue weighted by molar-refractivity contribution is -0.142. The molecule has 1 aromatic heterocycles. The van der Waals surface area contributed by atoms with Crippen LogP contribution in [0.4, 0.5) is 0 Å². The molecule has 0 aliphatic carbocycles. The number of benzene rings is 1. The number of carboxylic acids is 1. The minimum atomic E-state index is -1.17. The third kappa shape index (κ3) is 6.39. The maximum Gasteiger partial charge on any atom is 0.326 e. The fourth-order valence-corrected chi connectivity index (χ4v) is 2.68. The lowest BCUT2D eigenvalue weighted by Gasteiger charge is -2.22. The number of hydrogen-bond donors (Lipinski definition) is 6. The molecule has 0 aliphatic heterocycles. The highest BCUT2D eigenvalue weighted by Gasteiger charge is 2.28. The predicted octanol–water partition coefficient (Wildman–Crippen LogP) is -0.494. The van der Waals surface area contributed by atoms with Crippen molar-refractivity contribution in [2.75, 3.05) is 5.75 Å². The number of nitrogens with two attached hydrogens (primary N) is 1. The standard InChI is InChI=1S/C18H23N5O4S/c19-13(9-28)16(24)22-14(7-12-8-20-10-21-12)17(25)23-15(18(26)27)6-11-4-2-1-3-5-11/h1-5,8,10,13-15,28H,6-7,9,19H2,(H,20,21)(H,22,24)(H,23,25)(H,26,27). The summed E-state index contributed by atoms with van der Waals surface area (Å²) < 4.78 is 0. The molecule has 150 valence electrons. The van der Waals surface area contributed by atoms with Gasteiger partial charge in [0.05, 0.1) is 12.4 Å². The average Bonchev–Trinajstić information content (AvgIpc) is 3.20. The van der Waals surface area contributed by atoms with Gasteiger partial charge in [-0.1, -0.05) is 30.3 Å². The van der Waals surface area contributed by atoms with Gasteiger partial charge in [-0.05, 0) is 5.56 Å². The van der Waals surface area contributed by atoms with Crippen LogP contribution < -0.4 is 16.4 Å². The summed E-state index contributed by atoms with van der Waals surface area (Å²) in [7, 11) is 0. The minimum Gasteiger partial charge on any atom is -0.480 e. The molecule has 0 aliphatic rings. The highest BCUT2D eigenvalue weighted by Crippen LogP contribution is 2.06. The molecule has 3 unspecified atom stereocenters. The third-order valence-corrected chi connectivity index (χ3v) is 4.44. The van der Waals surface area contributed by atoms with E-state index >= 15 is 0 Å². The maximum atomic E-state index is 12.7. The first-order chi connectivity index (χ1) is 13.4. The van der Waals surface area contributed by atoms with Gasteiger partial charge in [-0.2, -0.15) is 12.6 Å². The number of carbonyl (C=O) groups is 3. The molecule has 3 atom stereocenters. The van der Waals surface area contributed by atoms with E-state index in [9.17, 15) is 19.5 Å². The predicted molar refractivity (Wildman–Crippen MR) is 106 cm³/mol. The van der Waals surface area contributed by atoms with Crippen LogP contribution in [0.2, 0.25) is 0 Å². The number of nitrogens with zero attached hydrogens (tertiary/aromatic N) is 1. The SMILES string of the molecule is NC(CS)C(=O)NC(Cc1cnc[nH]1)C(=O)NC(Cc1ccccc1)C(=O)O. The Morgan fingerprint density at radius 1 is 1.11 bits per heavy atom. The second kappa shape index (κ2) is 10.5. The number of aromatic nitrogens is 2. The van der Waals surface area contributed by atoms with Crippen LogP contribution in [0.15, 0.2) is 42.9 Å². The Balaban J connectivity index is 2.11. The molecule has 1 heterocycles. The zero-order valence-corrected chi connectivity index (χ0v) is 15.9. The van der Waals surface area contributed by atoms with Gasteiger partial charge in [-0.15, -0.1) is 0 Å². The molecule has 0 fully saturated rings. The molecule has 10 heteroatoms. The number of imidazole rings is 1. The van der Waals surface area contributed by atoms with Gasteiger partial charge in [0.1, 0.15) is 12.1 Å². The van der Waals surface area contributed by atoms with Crippen molar-refractivity contribution < 1.29 is 19.5 Å². The van der Waals surface area contributed by atoms with Crippen LogP contribution in [0.5, 0.6) is 0 Å². The van der Waals surface area contributed by atoms with Gasteiger partial charge in [-0.3, -0.25) is 9.59 Å². The molecule has 9 nitrogen and oxygen atoms in total. The van der Waals surface area contributed by atoms with E-state index in [-0.39, 0.29) is 18.6 Å². The number of hydrogen-bond acceptors (Lipinski definition) is 6.